The van der Waals surface area contributed by atoms with Gasteiger partial charge in [0.2, 0.25) is 0 Å². The van der Waals surface area contributed by atoms with Crippen molar-refractivity contribution in [2.75, 3.05) is 13.7 Å². The van der Waals surface area contributed by atoms with Crippen molar-refractivity contribution in [1.29, 1.82) is 0 Å². The van der Waals surface area contributed by atoms with E-state index in [1.54, 1.807) is 45.9 Å². The Morgan fingerprint density at radius 3 is 2.25 bits per heavy atom. The molecule has 0 fully saturated rings. The molecule has 1 amide bonds. The number of ether oxygens (including phenoxy) is 1. The van der Waals surface area contributed by atoms with Crippen LogP contribution in [0.1, 0.15) is 48.9 Å². The molecule has 0 N–H and O–H groups in total. The third kappa shape index (κ3) is 5.33. The van der Waals surface area contributed by atoms with E-state index >= 15 is 0 Å². The van der Waals surface area contributed by atoms with Crippen molar-refractivity contribution in [2.24, 2.45) is 0 Å². The van der Waals surface area contributed by atoms with Gasteiger partial charge in [0.25, 0.3) is 5.91 Å². The molecule has 40 heavy (non-hydrogen) atoms. The monoisotopic (exact) mass is 577 g/mol. The van der Waals surface area contributed by atoms with Gasteiger partial charge in [-0.15, -0.1) is 0 Å². The molecule has 0 aliphatic carbocycles. The molecule has 4 aromatic rings. The summed E-state index contributed by atoms with van der Waals surface area (Å²) in [4.78, 5) is 54.3. The minimum atomic E-state index is -0.509. The number of benzene rings is 3. The molecular weight excluding hydrogens is 553 g/mol. The summed E-state index contributed by atoms with van der Waals surface area (Å²) in [5.41, 5.74) is 2.41. The van der Waals surface area contributed by atoms with Crippen molar-refractivity contribution in [3.63, 3.8) is 0 Å². The third-order valence-electron chi connectivity index (χ3n) is 6.93. The number of aromatic nitrogens is 2. The highest BCUT2D eigenvalue weighted by Gasteiger charge is 2.32. The molecule has 0 saturated heterocycles. The lowest BCUT2D eigenvalue weighted by Gasteiger charge is -2.28. The lowest BCUT2D eigenvalue weighted by atomic mass is 10.0. The Bertz CT molecular complexity index is 1660. The topological polar surface area (TPSA) is 90.6 Å². The van der Waals surface area contributed by atoms with Crippen molar-refractivity contribution >= 4 is 40.9 Å². The number of nitrogens with zero attached hydrogens (tertiary/aromatic N) is 3. The largest absolute Gasteiger partial charge is 0.465 e. The van der Waals surface area contributed by atoms with Gasteiger partial charge in [0.15, 0.2) is 5.78 Å². The summed E-state index contributed by atoms with van der Waals surface area (Å²) in [7, 11) is 1.29. The van der Waals surface area contributed by atoms with Gasteiger partial charge in [-0.05, 0) is 54.4 Å². The maximum Gasteiger partial charge on any atom is 0.337 e. The molecule has 3 aromatic carbocycles. The quantitative estimate of drug-likeness (QED) is 0.222. The summed E-state index contributed by atoms with van der Waals surface area (Å²) < 4.78 is 7.69. The zero-order chi connectivity index (χ0) is 28.4. The standard InChI is InChI=1S/C30H25Cl2N3O5/c1-40-29(38)20-8-11-22(12-9-20)35-27(26(36)14-7-19-5-3-2-4-6-19)25-18-33(15-16-34(25)30(35)39)28(37)21-10-13-23(31)24(32)17-21/h2-6,8-13,17H,7,14-16,18H2,1H3. The second-order valence-corrected chi connectivity index (χ2v) is 10.2. The SMILES string of the molecule is COC(=O)c1ccc(-n2c(C(=O)CCc3ccccc3)c3n(c2=O)CCN(C(=O)c2ccc(Cl)c(Cl)c2)C3)cc1. The summed E-state index contributed by atoms with van der Waals surface area (Å²) in [6.07, 6.45) is 0.660. The van der Waals surface area contributed by atoms with E-state index in [-0.39, 0.29) is 54.2 Å². The lowest BCUT2D eigenvalue weighted by molar-refractivity contribution is 0.0600. The molecule has 1 aliphatic rings. The van der Waals surface area contributed by atoms with Gasteiger partial charge in [-0.25, -0.2) is 9.59 Å². The molecule has 10 heteroatoms. The molecule has 0 spiro atoms. The maximum absolute atomic E-state index is 13.8. The number of methoxy groups -OCH3 is 1. The zero-order valence-electron chi connectivity index (χ0n) is 21.6. The number of aryl methyl sites for hydroxylation is 1. The fraction of sp³-hybridized carbons (Fsp3) is 0.200. The molecule has 1 aliphatic heterocycles. The van der Waals surface area contributed by atoms with Gasteiger partial charge in [-0.1, -0.05) is 53.5 Å². The normalized spacial score (nSPS) is 12.6. The van der Waals surface area contributed by atoms with E-state index < -0.39 is 5.97 Å². The van der Waals surface area contributed by atoms with Gasteiger partial charge in [-0.3, -0.25) is 18.7 Å². The van der Waals surface area contributed by atoms with Crippen molar-refractivity contribution in [3.05, 3.63) is 121 Å². The minimum absolute atomic E-state index is 0.0635. The fourth-order valence-corrected chi connectivity index (χ4v) is 5.15. The van der Waals surface area contributed by atoms with E-state index in [1.165, 1.54) is 17.7 Å². The second kappa shape index (κ2) is 11.5. The van der Waals surface area contributed by atoms with Crippen LogP contribution in [0.3, 0.4) is 0 Å². The summed E-state index contributed by atoms with van der Waals surface area (Å²) in [5, 5.41) is 0.604. The van der Waals surface area contributed by atoms with Gasteiger partial charge >= 0.3 is 11.7 Å². The average molecular weight is 578 g/mol. The summed E-state index contributed by atoms with van der Waals surface area (Å²) in [5.74, 6) is -1.02. The molecular formula is C30H25Cl2N3O5. The minimum Gasteiger partial charge on any atom is -0.465 e. The Kier molecular flexibility index (Phi) is 7.91. The number of imidazole rings is 1. The number of ketones is 1. The van der Waals surface area contributed by atoms with Gasteiger partial charge in [0, 0.05) is 25.1 Å². The van der Waals surface area contributed by atoms with Gasteiger partial charge < -0.3 is 9.64 Å². The van der Waals surface area contributed by atoms with Crippen LogP contribution in [0.2, 0.25) is 10.0 Å². The van der Waals surface area contributed by atoms with Crippen molar-refractivity contribution in [1.82, 2.24) is 14.0 Å². The molecule has 0 saturated carbocycles. The number of hydrogen-bond donors (Lipinski definition) is 0. The van der Waals surface area contributed by atoms with E-state index in [0.717, 1.165) is 5.56 Å². The Balaban J connectivity index is 1.54. The molecule has 5 rings (SSSR count). The molecule has 0 unspecified atom stereocenters. The smallest absolute Gasteiger partial charge is 0.337 e. The summed E-state index contributed by atoms with van der Waals surface area (Å²) in [6.45, 7) is 0.552. The zero-order valence-corrected chi connectivity index (χ0v) is 23.1. The number of esters is 1. The van der Waals surface area contributed by atoms with Crippen molar-refractivity contribution in [2.45, 2.75) is 25.9 Å². The van der Waals surface area contributed by atoms with Crippen LogP contribution in [0, 0.1) is 0 Å². The number of fused-ring (bicyclic) bond motifs is 1. The number of Topliss-reactive ketones (excluding diaryl/α,β-unsaturated/α-hetero) is 1. The highest BCUT2D eigenvalue weighted by molar-refractivity contribution is 6.42. The van der Waals surface area contributed by atoms with Gasteiger partial charge in [0.1, 0.15) is 5.69 Å². The Hall–Kier alpha value is -4.14. The van der Waals surface area contributed by atoms with Crippen LogP contribution < -0.4 is 5.69 Å². The van der Waals surface area contributed by atoms with Gasteiger partial charge in [0.05, 0.1) is 40.6 Å². The highest BCUT2D eigenvalue weighted by atomic mass is 35.5. The van der Waals surface area contributed by atoms with E-state index in [9.17, 15) is 19.2 Å². The number of amides is 1. The van der Waals surface area contributed by atoms with E-state index in [4.69, 9.17) is 27.9 Å². The van der Waals surface area contributed by atoms with Gasteiger partial charge in [-0.2, -0.15) is 0 Å². The number of hydrogen-bond acceptors (Lipinski definition) is 5. The summed E-state index contributed by atoms with van der Waals surface area (Å²) >= 11 is 12.2. The molecule has 204 valence electrons. The van der Waals surface area contributed by atoms with Crippen LogP contribution >= 0.6 is 23.2 Å². The highest BCUT2D eigenvalue weighted by Crippen LogP contribution is 2.26. The molecule has 0 bridgehead atoms. The first-order valence-electron chi connectivity index (χ1n) is 12.6. The van der Waals surface area contributed by atoms with Crippen LogP contribution in [-0.4, -0.2) is 45.3 Å². The van der Waals surface area contributed by atoms with Crippen molar-refractivity contribution in [3.8, 4) is 5.69 Å². The first kappa shape index (κ1) is 27.4. The average Bonchev–Trinajstić information content (AvgIpc) is 3.28. The van der Waals surface area contributed by atoms with Crippen molar-refractivity contribution < 1.29 is 19.1 Å². The van der Waals surface area contributed by atoms with Crippen LogP contribution in [-0.2, 0) is 24.2 Å². The molecule has 0 radical (unpaired) electrons. The molecule has 8 nitrogen and oxygen atoms in total. The number of halogens is 2. The summed E-state index contributed by atoms with van der Waals surface area (Å²) in [6, 6.07) is 20.6. The Labute approximate surface area is 240 Å². The first-order chi connectivity index (χ1) is 19.3. The Morgan fingerprint density at radius 2 is 1.57 bits per heavy atom. The fourth-order valence-electron chi connectivity index (χ4n) is 4.86. The number of carbonyl (C=O) groups excluding carboxylic acids is 3. The van der Waals surface area contributed by atoms with Crippen LogP contribution in [0.25, 0.3) is 5.69 Å². The third-order valence-corrected chi connectivity index (χ3v) is 7.67. The second-order valence-electron chi connectivity index (χ2n) is 9.37. The van der Waals surface area contributed by atoms with Crippen LogP contribution in [0.15, 0.2) is 77.6 Å². The maximum atomic E-state index is 13.8. The number of carbonyl (C=O) groups is 3. The predicted octanol–water partition coefficient (Wildman–Crippen LogP) is 5.20. The molecule has 2 heterocycles. The number of rotatable bonds is 7. The van der Waals surface area contributed by atoms with E-state index in [1.807, 2.05) is 30.3 Å². The van der Waals surface area contributed by atoms with E-state index in [2.05, 4.69) is 0 Å². The first-order valence-corrected chi connectivity index (χ1v) is 13.4. The van der Waals surface area contributed by atoms with Crippen LogP contribution in [0.4, 0.5) is 0 Å². The lowest BCUT2D eigenvalue weighted by Crippen LogP contribution is -2.41. The van der Waals surface area contributed by atoms with Crippen LogP contribution in [0.5, 0.6) is 0 Å². The Morgan fingerprint density at radius 1 is 0.875 bits per heavy atom. The predicted molar refractivity (Wildman–Crippen MR) is 152 cm³/mol. The molecule has 0 atom stereocenters. The molecule has 1 aromatic heterocycles. The van der Waals surface area contributed by atoms with E-state index in [0.29, 0.717) is 34.0 Å².